The molecule has 4 atom stereocenters. The first kappa shape index (κ1) is 10.2. The van der Waals surface area contributed by atoms with Gasteiger partial charge in [0.2, 0.25) is 12.2 Å². The molecule has 0 unspecified atom stereocenters. The molecule has 5 rings (SSSR count). The monoisotopic (exact) mass is 259 g/mol. The predicted molar refractivity (Wildman–Crippen MR) is 66.6 cm³/mol. The molecule has 1 aromatic carbocycles. The topological polar surface area (TPSA) is 68.5 Å². The van der Waals surface area contributed by atoms with Gasteiger partial charge < -0.3 is 24.5 Å². The summed E-state index contributed by atoms with van der Waals surface area (Å²) in [6.07, 6.45) is -0.0265. The Kier molecular flexibility index (Phi) is 1.66. The van der Waals surface area contributed by atoms with Crippen LogP contribution in [-0.2, 0) is 9.47 Å². The molecule has 6 nitrogen and oxygen atoms in total. The molecular weight excluding hydrogens is 246 g/mol. The van der Waals surface area contributed by atoms with E-state index < -0.39 is 12.0 Å². The molecule has 3 aliphatic rings. The third-order valence-corrected chi connectivity index (χ3v) is 4.31. The number of aromatic nitrogens is 2. The Labute approximate surface area is 108 Å². The average Bonchev–Trinajstić information content (AvgIpc) is 2.99. The van der Waals surface area contributed by atoms with Gasteiger partial charge in [0, 0.05) is 6.42 Å². The van der Waals surface area contributed by atoms with Gasteiger partial charge in [-0.1, -0.05) is 12.1 Å². The number of benzene rings is 1. The standard InChI is InChI=1S/C13H13N3O3/c17-13-5-9(10-6-18-11(13)19-10)16-8-4-2-1-3-7(8)14-12(16)15-13/h1-4,9-11,17H,5-6H2,(H,14,15)/t9-,10+,11-,13-/m1/s1. The lowest BCUT2D eigenvalue weighted by Gasteiger charge is -2.45. The van der Waals surface area contributed by atoms with E-state index in [0.717, 1.165) is 11.0 Å². The second-order valence-corrected chi connectivity index (χ2v) is 5.45. The zero-order chi connectivity index (χ0) is 12.6. The smallest absolute Gasteiger partial charge is 0.206 e. The van der Waals surface area contributed by atoms with Crippen molar-refractivity contribution in [2.24, 2.45) is 0 Å². The van der Waals surface area contributed by atoms with Gasteiger partial charge in [-0.05, 0) is 12.1 Å². The van der Waals surface area contributed by atoms with Crippen molar-refractivity contribution < 1.29 is 14.6 Å². The van der Waals surface area contributed by atoms with Crippen LogP contribution in [0, 0.1) is 0 Å². The third kappa shape index (κ3) is 1.14. The van der Waals surface area contributed by atoms with Crippen LogP contribution in [0.4, 0.5) is 5.95 Å². The molecule has 2 fully saturated rings. The molecule has 1 aromatic heterocycles. The summed E-state index contributed by atoms with van der Waals surface area (Å²) < 4.78 is 13.4. The second-order valence-electron chi connectivity index (χ2n) is 5.45. The Hall–Kier alpha value is -1.63. The minimum absolute atomic E-state index is 0.0104. The van der Waals surface area contributed by atoms with Crippen LogP contribution in [0.5, 0.6) is 0 Å². The van der Waals surface area contributed by atoms with Crippen LogP contribution >= 0.6 is 0 Å². The Morgan fingerprint density at radius 1 is 1.42 bits per heavy atom. The summed E-state index contributed by atoms with van der Waals surface area (Å²) in [6.45, 7) is 0.519. The first-order valence-corrected chi connectivity index (χ1v) is 6.49. The quantitative estimate of drug-likeness (QED) is 0.733. The van der Waals surface area contributed by atoms with Crippen LogP contribution in [0.25, 0.3) is 11.0 Å². The van der Waals surface area contributed by atoms with Crippen molar-refractivity contribution in [3.8, 4) is 0 Å². The lowest BCUT2D eigenvalue weighted by atomic mass is 9.94. The molecule has 19 heavy (non-hydrogen) atoms. The molecule has 0 radical (unpaired) electrons. The molecule has 98 valence electrons. The highest BCUT2D eigenvalue weighted by Crippen LogP contribution is 2.47. The van der Waals surface area contributed by atoms with Gasteiger partial charge in [0.25, 0.3) is 0 Å². The number of rotatable bonds is 0. The molecule has 0 amide bonds. The number of aliphatic hydroxyl groups is 1. The molecule has 6 heteroatoms. The van der Waals surface area contributed by atoms with Crippen molar-refractivity contribution in [1.82, 2.24) is 9.55 Å². The minimum atomic E-state index is -1.17. The second kappa shape index (κ2) is 3.09. The van der Waals surface area contributed by atoms with Crippen molar-refractivity contribution in [1.29, 1.82) is 0 Å². The van der Waals surface area contributed by atoms with Gasteiger partial charge in [-0.15, -0.1) is 0 Å². The van der Waals surface area contributed by atoms with E-state index >= 15 is 0 Å². The fraction of sp³-hybridized carbons (Fsp3) is 0.462. The average molecular weight is 259 g/mol. The largest absolute Gasteiger partial charge is 0.366 e. The number of hydrogen-bond donors (Lipinski definition) is 2. The van der Waals surface area contributed by atoms with E-state index in [1.54, 1.807) is 0 Å². The molecule has 2 saturated heterocycles. The number of ether oxygens (including phenoxy) is 2. The van der Waals surface area contributed by atoms with Crippen LogP contribution < -0.4 is 5.32 Å². The van der Waals surface area contributed by atoms with Crippen LogP contribution in [0.3, 0.4) is 0 Å². The zero-order valence-electron chi connectivity index (χ0n) is 10.1. The number of nitrogens with one attached hydrogen (secondary N) is 1. The summed E-state index contributed by atoms with van der Waals surface area (Å²) in [7, 11) is 0. The van der Waals surface area contributed by atoms with Crippen molar-refractivity contribution >= 4 is 17.0 Å². The lowest BCUT2D eigenvalue weighted by Crippen LogP contribution is -2.58. The van der Waals surface area contributed by atoms with Crippen molar-refractivity contribution in [2.75, 3.05) is 11.9 Å². The number of para-hydroxylation sites is 2. The maximum absolute atomic E-state index is 10.6. The Bertz CT molecular complexity index is 685. The molecular formula is C13H13N3O3. The summed E-state index contributed by atoms with van der Waals surface area (Å²) in [5, 5.41) is 13.7. The van der Waals surface area contributed by atoms with Crippen LogP contribution in [0.2, 0.25) is 0 Å². The highest BCUT2D eigenvalue weighted by Gasteiger charge is 2.57. The summed E-state index contributed by atoms with van der Waals surface area (Å²) in [6, 6.07) is 8.04. The van der Waals surface area contributed by atoms with Crippen LogP contribution in [-0.4, -0.2) is 39.4 Å². The van der Waals surface area contributed by atoms with E-state index in [4.69, 9.17) is 9.47 Å². The fourth-order valence-electron chi connectivity index (χ4n) is 3.45. The maximum Gasteiger partial charge on any atom is 0.206 e. The fourth-order valence-corrected chi connectivity index (χ4v) is 3.45. The molecule has 0 spiro atoms. The molecule has 0 aliphatic carbocycles. The summed E-state index contributed by atoms with van der Waals surface area (Å²) in [4.78, 5) is 4.56. The summed E-state index contributed by atoms with van der Waals surface area (Å²) in [5.74, 6) is 0.698. The van der Waals surface area contributed by atoms with Gasteiger partial charge in [0.1, 0.15) is 6.10 Å². The number of nitrogens with zero attached hydrogens (tertiary/aromatic N) is 2. The van der Waals surface area contributed by atoms with Gasteiger partial charge in [0.15, 0.2) is 5.72 Å². The van der Waals surface area contributed by atoms with Crippen molar-refractivity contribution in [2.45, 2.75) is 30.6 Å². The Morgan fingerprint density at radius 3 is 3.26 bits per heavy atom. The van der Waals surface area contributed by atoms with E-state index in [1.807, 2.05) is 24.3 Å². The minimum Gasteiger partial charge on any atom is -0.366 e. The number of fused-ring (bicyclic) bond motifs is 10. The molecule has 4 heterocycles. The van der Waals surface area contributed by atoms with E-state index in [2.05, 4.69) is 14.9 Å². The van der Waals surface area contributed by atoms with E-state index in [0.29, 0.717) is 19.0 Å². The SMILES string of the molecule is O[C@]12C[C@H]([C@@H]3CO[C@@H]1O3)n1c(nc3ccccc31)N2. The normalized spacial score (nSPS) is 39.1. The van der Waals surface area contributed by atoms with Gasteiger partial charge in [-0.3, -0.25) is 0 Å². The molecule has 4 bridgehead atoms. The van der Waals surface area contributed by atoms with E-state index in [1.165, 1.54) is 0 Å². The van der Waals surface area contributed by atoms with Gasteiger partial charge in [-0.2, -0.15) is 0 Å². The first-order chi connectivity index (χ1) is 9.24. The molecule has 3 aliphatic heterocycles. The number of anilines is 1. The maximum atomic E-state index is 10.6. The van der Waals surface area contributed by atoms with Crippen LogP contribution in [0.1, 0.15) is 12.5 Å². The zero-order valence-corrected chi connectivity index (χ0v) is 10.1. The first-order valence-electron chi connectivity index (χ1n) is 6.49. The highest BCUT2D eigenvalue weighted by atomic mass is 16.7. The Morgan fingerprint density at radius 2 is 2.32 bits per heavy atom. The van der Waals surface area contributed by atoms with Gasteiger partial charge >= 0.3 is 0 Å². The lowest BCUT2D eigenvalue weighted by molar-refractivity contribution is -0.214. The predicted octanol–water partition coefficient (Wildman–Crippen LogP) is 0.837. The van der Waals surface area contributed by atoms with E-state index in [9.17, 15) is 5.11 Å². The van der Waals surface area contributed by atoms with Crippen molar-refractivity contribution in [3.05, 3.63) is 24.3 Å². The summed E-state index contributed by atoms with van der Waals surface area (Å²) >= 11 is 0. The third-order valence-electron chi connectivity index (χ3n) is 4.31. The molecule has 2 N–H and O–H groups in total. The number of imidazole rings is 1. The van der Waals surface area contributed by atoms with Crippen molar-refractivity contribution in [3.63, 3.8) is 0 Å². The highest BCUT2D eigenvalue weighted by molar-refractivity contribution is 5.79. The molecule has 0 saturated carbocycles. The van der Waals surface area contributed by atoms with Gasteiger partial charge in [-0.25, -0.2) is 4.98 Å². The molecule has 2 aromatic rings. The van der Waals surface area contributed by atoms with E-state index in [-0.39, 0.29) is 12.1 Å². The Balaban J connectivity index is 1.79. The number of hydrogen-bond acceptors (Lipinski definition) is 5. The van der Waals surface area contributed by atoms with Crippen LogP contribution in [0.15, 0.2) is 24.3 Å². The summed E-state index contributed by atoms with van der Waals surface area (Å²) in [5.41, 5.74) is 0.818. The van der Waals surface area contributed by atoms with Gasteiger partial charge in [0.05, 0.1) is 23.7 Å².